The molecular weight excluding hydrogens is 612 g/mol. The Labute approximate surface area is 267 Å². The number of carboxylic acid groups (broad SMARTS) is 4. The van der Waals surface area contributed by atoms with Gasteiger partial charge in [-0.1, -0.05) is 58.0 Å². The molecule has 16 nitrogen and oxygen atoms in total. The van der Waals surface area contributed by atoms with Crippen LogP contribution in [0.3, 0.4) is 0 Å². The number of nitrogens with zero attached hydrogens (tertiary/aromatic N) is 2. The molecular formula is C30H48N2O14. The van der Waals surface area contributed by atoms with E-state index in [1.807, 2.05) is 25.1 Å². The number of hydrogen-bond acceptors (Lipinski definition) is 12. The first kappa shape index (κ1) is 42.3. The maximum absolute atomic E-state index is 12.2. The van der Waals surface area contributed by atoms with E-state index in [1.165, 1.54) is 0 Å². The summed E-state index contributed by atoms with van der Waals surface area (Å²) in [5, 5.41) is 65.1. The Hall–Kier alpha value is -3.67. The fourth-order valence-electron chi connectivity index (χ4n) is 4.71. The molecule has 1 aromatic rings. The number of likely N-dealkylation sites (tertiary alicyclic amines) is 1. The van der Waals surface area contributed by atoms with Crippen molar-refractivity contribution in [3.8, 4) is 0 Å². The molecule has 1 aliphatic heterocycles. The normalized spacial score (nSPS) is 22.0. The largest absolute Gasteiger partial charge is 0.479 e. The van der Waals surface area contributed by atoms with Crippen LogP contribution in [-0.4, -0.2) is 144 Å². The van der Waals surface area contributed by atoms with Gasteiger partial charge in [-0.05, 0) is 25.6 Å². The molecule has 1 heterocycles. The highest BCUT2D eigenvalue weighted by molar-refractivity contribution is 5.83. The van der Waals surface area contributed by atoms with Crippen molar-refractivity contribution in [2.24, 2.45) is 5.92 Å². The van der Waals surface area contributed by atoms with Crippen LogP contribution in [0.2, 0.25) is 0 Å². The molecule has 8 N–H and O–H groups in total. The summed E-state index contributed by atoms with van der Waals surface area (Å²) in [7, 11) is 0. The Kier molecular flexibility index (Phi) is 18.8. The van der Waals surface area contributed by atoms with E-state index in [-0.39, 0.29) is 11.9 Å². The van der Waals surface area contributed by atoms with Gasteiger partial charge in [0.15, 0.2) is 24.4 Å². The Morgan fingerprint density at radius 1 is 0.804 bits per heavy atom. The summed E-state index contributed by atoms with van der Waals surface area (Å²) in [6.45, 7) is 16.1. The van der Waals surface area contributed by atoms with Crippen LogP contribution in [-0.2, 0) is 34.3 Å². The smallest absolute Gasteiger partial charge is 0.335 e. The van der Waals surface area contributed by atoms with Gasteiger partial charge in [0.05, 0.1) is 0 Å². The van der Waals surface area contributed by atoms with Crippen molar-refractivity contribution in [1.29, 1.82) is 0 Å². The number of rotatable bonds is 14. The fraction of sp³-hybridized carbons (Fsp3) is 0.633. The highest BCUT2D eigenvalue weighted by Crippen LogP contribution is 2.43. The van der Waals surface area contributed by atoms with E-state index in [0.717, 1.165) is 44.7 Å². The molecule has 0 radical (unpaired) electrons. The summed E-state index contributed by atoms with van der Waals surface area (Å²) < 4.78 is 6.14. The van der Waals surface area contributed by atoms with Crippen molar-refractivity contribution in [1.82, 2.24) is 9.80 Å². The monoisotopic (exact) mass is 660 g/mol. The molecule has 1 saturated heterocycles. The maximum atomic E-state index is 12.2. The first-order valence-electron chi connectivity index (χ1n) is 14.8. The molecule has 262 valence electrons. The predicted octanol–water partition coefficient (Wildman–Crippen LogP) is -0.338. The lowest BCUT2D eigenvalue weighted by molar-refractivity contribution is -0.178. The van der Waals surface area contributed by atoms with Crippen LogP contribution in [0, 0.1) is 5.92 Å². The summed E-state index contributed by atoms with van der Waals surface area (Å²) in [6, 6.07) is 10.7. The summed E-state index contributed by atoms with van der Waals surface area (Å²) >= 11 is 0. The van der Waals surface area contributed by atoms with E-state index in [2.05, 4.69) is 49.6 Å². The van der Waals surface area contributed by atoms with Gasteiger partial charge in [0.1, 0.15) is 5.60 Å². The van der Waals surface area contributed by atoms with Gasteiger partial charge in [-0.2, -0.15) is 0 Å². The average molecular weight is 661 g/mol. The maximum Gasteiger partial charge on any atom is 0.335 e. The van der Waals surface area contributed by atoms with Crippen molar-refractivity contribution in [3.63, 3.8) is 0 Å². The quantitative estimate of drug-likeness (QED) is 0.119. The van der Waals surface area contributed by atoms with Gasteiger partial charge in [-0.25, -0.2) is 19.2 Å². The lowest BCUT2D eigenvalue weighted by Gasteiger charge is -2.49. The lowest BCUT2D eigenvalue weighted by atomic mass is 9.74. The second-order valence-electron chi connectivity index (χ2n) is 10.7. The molecule has 0 amide bonds. The third-order valence-electron chi connectivity index (χ3n) is 7.58. The third-order valence-corrected chi connectivity index (χ3v) is 7.58. The minimum atomic E-state index is -2.27. The zero-order chi connectivity index (χ0) is 35.8. The number of esters is 1. The van der Waals surface area contributed by atoms with Crippen LogP contribution in [0.5, 0.6) is 0 Å². The molecule has 1 fully saturated rings. The Balaban J connectivity index is 0.000000832. The molecule has 0 bridgehead atoms. The van der Waals surface area contributed by atoms with E-state index in [9.17, 15) is 24.0 Å². The van der Waals surface area contributed by atoms with Crippen molar-refractivity contribution >= 4 is 29.8 Å². The number of aliphatic hydroxyl groups is 4. The second-order valence-corrected chi connectivity index (χ2v) is 10.7. The van der Waals surface area contributed by atoms with Gasteiger partial charge in [-0.3, -0.25) is 9.69 Å². The van der Waals surface area contributed by atoms with Crippen LogP contribution >= 0.6 is 0 Å². The number of aliphatic carboxylic acids is 4. The summed E-state index contributed by atoms with van der Waals surface area (Å²) in [4.78, 5) is 56.4. The van der Waals surface area contributed by atoms with Gasteiger partial charge in [0.2, 0.25) is 0 Å². The van der Waals surface area contributed by atoms with Crippen LogP contribution in [0.4, 0.5) is 0 Å². The van der Waals surface area contributed by atoms with Gasteiger partial charge >= 0.3 is 29.8 Å². The Bertz CT molecular complexity index is 1040. The molecule has 1 aromatic carbocycles. The van der Waals surface area contributed by atoms with Crippen LogP contribution in [0.15, 0.2) is 30.3 Å². The van der Waals surface area contributed by atoms with Gasteiger partial charge < -0.3 is 50.5 Å². The number of ether oxygens (including phenoxy) is 1. The lowest BCUT2D eigenvalue weighted by Crippen LogP contribution is -2.56. The van der Waals surface area contributed by atoms with Crippen LogP contribution in [0.1, 0.15) is 53.0 Å². The zero-order valence-corrected chi connectivity index (χ0v) is 26.7. The van der Waals surface area contributed by atoms with E-state index in [0.29, 0.717) is 12.5 Å². The minimum absolute atomic E-state index is 0.107. The topological polar surface area (TPSA) is 263 Å². The zero-order valence-electron chi connectivity index (χ0n) is 26.7. The molecule has 46 heavy (non-hydrogen) atoms. The summed E-state index contributed by atoms with van der Waals surface area (Å²) in [5.74, 6) is -6.92. The Morgan fingerprint density at radius 3 is 1.57 bits per heavy atom. The number of carbonyl (C=O) groups excluding carboxylic acids is 1. The molecule has 0 aromatic heterocycles. The summed E-state index contributed by atoms with van der Waals surface area (Å²) in [6.07, 6.45) is -7.80. The SMILES string of the molecule is CCC(=O)OC1(c2ccccc2)CC(C)N(CCN(CC)CC)CC1C.O=C(O)[C@@H](O)[C@H](O)C(=O)O.O=C(O)[C@@H](O)[C@H](O)C(=O)O. The van der Waals surface area contributed by atoms with Crippen molar-refractivity contribution in [3.05, 3.63) is 35.9 Å². The highest BCUT2D eigenvalue weighted by atomic mass is 16.6. The third kappa shape index (κ3) is 13.0. The highest BCUT2D eigenvalue weighted by Gasteiger charge is 2.47. The summed E-state index contributed by atoms with van der Waals surface area (Å²) in [5.41, 5.74) is 0.615. The molecule has 7 atom stereocenters. The van der Waals surface area contributed by atoms with E-state index < -0.39 is 53.9 Å². The fourth-order valence-corrected chi connectivity index (χ4v) is 4.71. The van der Waals surface area contributed by atoms with Crippen molar-refractivity contribution in [2.75, 3.05) is 32.7 Å². The molecule has 2 rings (SSSR count). The number of aliphatic hydroxyl groups excluding tert-OH is 4. The number of piperidine rings is 1. The molecule has 0 spiro atoms. The van der Waals surface area contributed by atoms with Gasteiger partial charge in [-0.15, -0.1) is 0 Å². The van der Waals surface area contributed by atoms with E-state index in [4.69, 9.17) is 45.6 Å². The first-order valence-corrected chi connectivity index (χ1v) is 14.8. The number of likely N-dealkylation sites (N-methyl/N-ethyl adjacent to an activating group) is 1. The molecule has 16 heteroatoms. The molecule has 1 aliphatic rings. The molecule has 3 unspecified atom stereocenters. The number of carboxylic acids is 4. The van der Waals surface area contributed by atoms with E-state index in [1.54, 1.807) is 0 Å². The van der Waals surface area contributed by atoms with Crippen molar-refractivity contribution < 1.29 is 69.6 Å². The average Bonchev–Trinajstić information content (AvgIpc) is 3.02. The van der Waals surface area contributed by atoms with Crippen molar-refractivity contribution in [2.45, 2.75) is 83.5 Å². The standard InChI is InChI=1S/C22H36N2O2.2C4H6O6/c1-6-21(25)26-22(20-12-10-9-11-13-20)16-19(5)24(17-18(22)4)15-14-23(7-2)8-3;2*5-1(3(7)8)2(6)4(9)10/h9-13,18-19H,6-8,14-17H2,1-5H3;2*1-2,5-6H,(H,7,8)(H,9,10)/t;2*1-,2-/m.00/s1. The van der Waals surface area contributed by atoms with E-state index >= 15 is 0 Å². The first-order chi connectivity index (χ1) is 21.4. The predicted molar refractivity (Wildman–Crippen MR) is 162 cm³/mol. The number of carbonyl (C=O) groups is 5. The second kappa shape index (κ2) is 20.5. The van der Waals surface area contributed by atoms with Crippen LogP contribution < -0.4 is 0 Å². The molecule has 0 saturated carbocycles. The van der Waals surface area contributed by atoms with Crippen LogP contribution in [0.25, 0.3) is 0 Å². The minimum Gasteiger partial charge on any atom is -0.479 e. The number of hydrogen-bond donors (Lipinski definition) is 8. The van der Waals surface area contributed by atoms with Gasteiger partial charge in [0.25, 0.3) is 0 Å². The molecule has 0 aliphatic carbocycles. The Morgan fingerprint density at radius 2 is 1.22 bits per heavy atom. The van der Waals surface area contributed by atoms with Gasteiger partial charge in [0, 0.05) is 44.4 Å². The number of benzene rings is 1.